The predicted octanol–water partition coefficient (Wildman–Crippen LogP) is 4.83. The van der Waals surface area contributed by atoms with Crippen LogP contribution in [0.2, 0.25) is 5.02 Å². The van der Waals surface area contributed by atoms with Crippen LogP contribution in [-0.2, 0) is 6.42 Å². The fourth-order valence-corrected chi connectivity index (χ4v) is 3.87. The van der Waals surface area contributed by atoms with E-state index in [0.29, 0.717) is 12.3 Å². The van der Waals surface area contributed by atoms with Gasteiger partial charge >= 0.3 is 0 Å². The molecular formula is C15H20BrClO. The Morgan fingerprint density at radius 1 is 1.50 bits per heavy atom. The van der Waals surface area contributed by atoms with E-state index in [0.717, 1.165) is 21.5 Å². The monoisotopic (exact) mass is 330 g/mol. The number of halogens is 2. The average molecular weight is 332 g/mol. The fourth-order valence-electron chi connectivity index (χ4n) is 3.12. The van der Waals surface area contributed by atoms with Crippen molar-refractivity contribution in [2.45, 2.75) is 45.6 Å². The van der Waals surface area contributed by atoms with Crippen molar-refractivity contribution >= 4 is 27.5 Å². The molecule has 0 aromatic heterocycles. The Hall–Kier alpha value is -0.0500. The number of aliphatic hydroxyl groups is 1. The van der Waals surface area contributed by atoms with Crippen LogP contribution in [0.5, 0.6) is 0 Å². The molecule has 3 heteroatoms. The van der Waals surface area contributed by atoms with E-state index in [-0.39, 0.29) is 11.5 Å². The summed E-state index contributed by atoms with van der Waals surface area (Å²) in [4.78, 5) is 0. The fraction of sp³-hybridized carbons (Fsp3) is 0.600. The summed E-state index contributed by atoms with van der Waals surface area (Å²) < 4.78 is 0.979. The molecule has 1 aliphatic rings. The van der Waals surface area contributed by atoms with Gasteiger partial charge in [-0.25, -0.2) is 0 Å². The highest BCUT2D eigenvalue weighted by molar-refractivity contribution is 9.10. The zero-order valence-corrected chi connectivity index (χ0v) is 13.3. The molecule has 2 unspecified atom stereocenters. The second-order valence-electron chi connectivity index (χ2n) is 5.99. The van der Waals surface area contributed by atoms with E-state index in [1.807, 2.05) is 18.2 Å². The van der Waals surface area contributed by atoms with Crippen LogP contribution in [0.1, 0.15) is 38.7 Å². The van der Waals surface area contributed by atoms with Crippen molar-refractivity contribution in [3.05, 3.63) is 33.3 Å². The van der Waals surface area contributed by atoms with Crippen molar-refractivity contribution in [3.8, 4) is 0 Å². The van der Waals surface area contributed by atoms with E-state index in [1.165, 1.54) is 12.8 Å². The molecule has 1 N–H and O–H groups in total. The smallest absolute Gasteiger partial charge is 0.0614 e. The maximum atomic E-state index is 10.5. The third kappa shape index (κ3) is 3.09. The van der Waals surface area contributed by atoms with Crippen molar-refractivity contribution in [1.82, 2.24) is 0 Å². The lowest BCUT2D eigenvalue weighted by Crippen LogP contribution is -2.31. The molecule has 1 nitrogen and oxygen atoms in total. The van der Waals surface area contributed by atoms with Crippen molar-refractivity contribution in [1.29, 1.82) is 0 Å². The molecule has 0 heterocycles. The molecule has 0 spiro atoms. The molecule has 0 amide bonds. The Labute approximate surface area is 123 Å². The van der Waals surface area contributed by atoms with Gasteiger partial charge in [-0.15, -0.1) is 0 Å². The van der Waals surface area contributed by atoms with Crippen LogP contribution in [0.25, 0.3) is 0 Å². The Bertz CT molecular complexity index is 431. The molecule has 1 aliphatic carbocycles. The lowest BCUT2D eigenvalue weighted by molar-refractivity contribution is 0.0543. The molecule has 100 valence electrons. The van der Waals surface area contributed by atoms with Crippen molar-refractivity contribution in [3.63, 3.8) is 0 Å². The molecule has 0 radical (unpaired) electrons. The maximum Gasteiger partial charge on any atom is 0.0614 e. The molecule has 0 saturated heterocycles. The number of hydrogen-bond acceptors (Lipinski definition) is 1. The second-order valence-corrected chi connectivity index (χ2v) is 7.32. The van der Waals surface area contributed by atoms with Gasteiger partial charge in [0.25, 0.3) is 0 Å². The SMILES string of the molecule is CC1(C)CCCC1C(O)Cc1ccc(Br)cc1Cl. The first-order chi connectivity index (χ1) is 8.40. The summed E-state index contributed by atoms with van der Waals surface area (Å²) in [5, 5.41) is 11.2. The van der Waals surface area contributed by atoms with Gasteiger partial charge in [-0.05, 0) is 41.9 Å². The first-order valence-electron chi connectivity index (χ1n) is 6.52. The summed E-state index contributed by atoms with van der Waals surface area (Å²) in [5.74, 6) is 0.386. The predicted molar refractivity (Wildman–Crippen MR) is 80.0 cm³/mol. The van der Waals surface area contributed by atoms with E-state index in [4.69, 9.17) is 11.6 Å². The molecule has 18 heavy (non-hydrogen) atoms. The van der Waals surface area contributed by atoms with E-state index in [9.17, 15) is 5.11 Å². The molecule has 2 atom stereocenters. The van der Waals surface area contributed by atoms with Gasteiger partial charge in [0, 0.05) is 15.9 Å². The van der Waals surface area contributed by atoms with Crippen LogP contribution >= 0.6 is 27.5 Å². The van der Waals surface area contributed by atoms with E-state index < -0.39 is 0 Å². The minimum absolute atomic E-state index is 0.251. The van der Waals surface area contributed by atoms with Crippen molar-refractivity contribution < 1.29 is 5.11 Å². The Morgan fingerprint density at radius 3 is 2.78 bits per heavy atom. The van der Waals surface area contributed by atoms with E-state index in [2.05, 4.69) is 29.8 Å². The maximum absolute atomic E-state index is 10.5. The molecule has 0 aliphatic heterocycles. The van der Waals surface area contributed by atoms with E-state index >= 15 is 0 Å². The number of rotatable bonds is 3. The first kappa shape index (κ1) is 14.4. The van der Waals surface area contributed by atoms with Crippen molar-refractivity contribution in [2.75, 3.05) is 0 Å². The lowest BCUT2D eigenvalue weighted by atomic mass is 9.77. The second kappa shape index (κ2) is 5.52. The third-order valence-electron chi connectivity index (χ3n) is 4.25. The van der Waals surface area contributed by atoms with Crippen LogP contribution in [0.4, 0.5) is 0 Å². The van der Waals surface area contributed by atoms with Gasteiger partial charge in [0.1, 0.15) is 0 Å². The lowest BCUT2D eigenvalue weighted by Gasteiger charge is -2.31. The molecule has 1 saturated carbocycles. The molecule has 1 aromatic rings. The number of aliphatic hydroxyl groups excluding tert-OH is 1. The average Bonchev–Trinajstić information content (AvgIpc) is 2.62. The minimum atomic E-state index is -0.291. The number of benzene rings is 1. The Kier molecular flexibility index (Phi) is 4.40. The quantitative estimate of drug-likeness (QED) is 0.841. The van der Waals surface area contributed by atoms with Gasteiger partial charge in [-0.2, -0.15) is 0 Å². The van der Waals surface area contributed by atoms with Crippen LogP contribution in [-0.4, -0.2) is 11.2 Å². The Balaban J connectivity index is 2.09. The zero-order valence-electron chi connectivity index (χ0n) is 10.9. The van der Waals surface area contributed by atoms with Gasteiger partial charge in [-0.1, -0.05) is 53.9 Å². The molecular weight excluding hydrogens is 312 g/mol. The minimum Gasteiger partial charge on any atom is -0.392 e. The standard InChI is InChI=1S/C15H20BrClO/c1-15(2)7-3-4-12(15)14(18)8-10-5-6-11(16)9-13(10)17/h5-6,9,12,14,18H,3-4,7-8H2,1-2H3. The normalized spacial score (nSPS) is 24.2. The highest BCUT2D eigenvalue weighted by atomic mass is 79.9. The van der Waals surface area contributed by atoms with Crippen LogP contribution in [0.3, 0.4) is 0 Å². The Morgan fingerprint density at radius 2 is 2.22 bits per heavy atom. The summed E-state index contributed by atoms with van der Waals surface area (Å²) in [5.41, 5.74) is 1.29. The van der Waals surface area contributed by atoms with Crippen LogP contribution < -0.4 is 0 Å². The summed E-state index contributed by atoms with van der Waals surface area (Å²) in [6.07, 6.45) is 3.93. The van der Waals surface area contributed by atoms with Gasteiger partial charge in [-0.3, -0.25) is 0 Å². The topological polar surface area (TPSA) is 20.2 Å². The summed E-state index contributed by atoms with van der Waals surface area (Å²) >= 11 is 9.61. The highest BCUT2D eigenvalue weighted by Gasteiger charge is 2.38. The van der Waals surface area contributed by atoms with Gasteiger partial charge in [0.05, 0.1) is 6.10 Å². The van der Waals surface area contributed by atoms with Gasteiger partial charge < -0.3 is 5.11 Å². The van der Waals surface area contributed by atoms with E-state index in [1.54, 1.807) is 0 Å². The molecule has 1 fully saturated rings. The number of hydrogen-bond donors (Lipinski definition) is 1. The van der Waals surface area contributed by atoms with Gasteiger partial charge in [0.15, 0.2) is 0 Å². The first-order valence-corrected chi connectivity index (χ1v) is 7.69. The summed E-state index contributed by atoms with van der Waals surface area (Å²) in [7, 11) is 0. The molecule has 2 rings (SSSR count). The van der Waals surface area contributed by atoms with Gasteiger partial charge in [0.2, 0.25) is 0 Å². The summed E-state index contributed by atoms with van der Waals surface area (Å²) in [6.45, 7) is 4.52. The largest absolute Gasteiger partial charge is 0.392 e. The molecule has 1 aromatic carbocycles. The zero-order chi connectivity index (χ0) is 13.3. The van der Waals surface area contributed by atoms with Crippen molar-refractivity contribution in [2.24, 2.45) is 11.3 Å². The molecule has 0 bridgehead atoms. The van der Waals surface area contributed by atoms with Crippen LogP contribution in [0, 0.1) is 11.3 Å². The third-order valence-corrected chi connectivity index (χ3v) is 5.09. The van der Waals surface area contributed by atoms with Crippen LogP contribution in [0.15, 0.2) is 22.7 Å². The summed E-state index contributed by atoms with van der Waals surface area (Å²) in [6, 6.07) is 5.87. The highest BCUT2D eigenvalue weighted by Crippen LogP contribution is 2.45.